The van der Waals surface area contributed by atoms with E-state index in [0.29, 0.717) is 25.0 Å². The molecule has 2 aromatic heterocycles. The van der Waals surface area contributed by atoms with Crippen LogP contribution in [0.3, 0.4) is 0 Å². The molecule has 0 saturated heterocycles. The Morgan fingerprint density at radius 3 is 1.37 bits per heavy atom. The number of alkyl halides is 6. The highest BCUT2D eigenvalue weighted by molar-refractivity contribution is 5.53. The second-order valence-corrected chi connectivity index (χ2v) is 5.97. The van der Waals surface area contributed by atoms with Crippen molar-refractivity contribution >= 4 is 11.6 Å². The molecule has 0 atom stereocenters. The van der Waals surface area contributed by atoms with Crippen LogP contribution in [-0.4, -0.2) is 23.1 Å². The summed E-state index contributed by atoms with van der Waals surface area (Å²) in [6.07, 6.45) is -8.50. The average molecular weight is 428 g/mol. The van der Waals surface area contributed by atoms with Crippen LogP contribution in [-0.2, 0) is 12.4 Å². The maximum absolute atomic E-state index is 12.7. The molecular formula is C18H14F6N6. The Hall–Kier alpha value is -3.54. The smallest absolute Gasteiger partial charge is 0.369 e. The summed E-state index contributed by atoms with van der Waals surface area (Å²) in [5.74, 6) is -0.404. The highest BCUT2D eigenvalue weighted by Gasteiger charge is 2.33. The molecule has 6 nitrogen and oxygen atoms in total. The standard InChI is InChI=1S/C18H14F6N6/c19-17(20,21)13-5-3-11(9-25)15(29-13)27-7-1-2-8-28-16-12(10-26)4-6-14(30-16)18(22,23)24/h3-6H,1-2,7-8H2,(H,27,29)(H,28,30). The summed E-state index contributed by atoms with van der Waals surface area (Å²) >= 11 is 0. The minimum absolute atomic E-state index is 0.0482. The molecule has 0 aliphatic carbocycles. The SMILES string of the molecule is N#Cc1ccc(C(F)(F)F)nc1NCCCCNc1nc(C(F)(F)F)ccc1C#N. The van der Waals surface area contributed by atoms with Gasteiger partial charge in [-0.2, -0.15) is 36.9 Å². The summed E-state index contributed by atoms with van der Waals surface area (Å²) in [6.45, 7) is 0.345. The predicted molar refractivity (Wildman–Crippen MR) is 94.1 cm³/mol. The second kappa shape index (κ2) is 9.31. The largest absolute Gasteiger partial charge is 0.433 e. The lowest BCUT2D eigenvalue weighted by Gasteiger charge is -2.12. The van der Waals surface area contributed by atoms with Gasteiger partial charge in [0, 0.05) is 13.1 Å². The fourth-order valence-corrected chi connectivity index (χ4v) is 2.35. The van der Waals surface area contributed by atoms with Crippen molar-refractivity contribution in [3.05, 3.63) is 46.8 Å². The Morgan fingerprint density at radius 2 is 1.07 bits per heavy atom. The molecule has 0 radical (unpaired) electrons. The number of nitrogens with one attached hydrogen (secondary N) is 2. The first kappa shape index (κ1) is 22.7. The number of hydrogen-bond donors (Lipinski definition) is 2. The van der Waals surface area contributed by atoms with Crippen molar-refractivity contribution in [2.75, 3.05) is 23.7 Å². The molecule has 12 heteroatoms. The van der Waals surface area contributed by atoms with Gasteiger partial charge in [-0.15, -0.1) is 0 Å². The van der Waals surface area contributed by atoms with Crippen molar-refractivity contribution in [2.24, 2.45) is 0 Å². The van der Waals surface area contributed by atoms with E-state index in [1.165, 1.54) is 0 Å². The third kappa shape index (κ3) is 5.98. The van der Waals surface area contributed by atoms with E-state index < -0.39 is 23.7 Å². The van der Waals surface area contributed by atoms with Crippen molar-refractivity contribution < 1.29 is 26.3 Å². The van der Waals surface area contributed by atoms with Crippen LogP contribution >= 0.6 is 0 Å². The zero-order valence-corrected chi connectivity index (χ0v) is 15.2. The van der Waals surface area contributed by atoms with Gasteiger partial charge in [-0.25, -0.2) is 9.97 Å². The van der Waals surface area contributed by atoms with Crippen LogP contribution in [0.1, 0.15) is 35.4 Å². The van der Waals surface area contributed by atoms with Crippen LogP contribution in [0.15, 0.2) is 24.3 Å². The van der Waals surface area contributed by atoms with Gasteiger partial charge in [0.25, 0.3) is 0 Å². The Kier molecular flexibility index (Phi) is 7.06. The van der Waals surface area contributed by atoms with Crippen LogP contribution in [0.5, 0.6) is 0 Å². The molecule has 0 bridgehead atoms. The summed E-state index contributed by atoms with van der Waals surface area (Å²) in [4.78, 5) is 6.82. The molecule has 0 aliphatic heterocycles. The molecule has 0 saturated carbocycles. The predicted octanol–water partition coefficient (Wildman–Crippen LogP) is 4.56. The monoisotopic (exact) mass is 428 g/mol. The van der Waals surface area contributed by atoms with Crippen molar-refractivity contribution in [1.82, 2.24) is 9.97 Å². The molecular weight excluding hydrogens is 414 g/mol. The minimum Gasteiger partial charge on any atom is -0.369 e. The lowest BCUT2D eigenvalue weighted by molar-refractivity contribution is -0.141. The van der Waals surface area contributed by atoms with Gasteiger partial charge in [-0.3, -0.25) is 0 Å². The summed E-state index contributed by atoms with van der Waals surface area (Å²) in [6, 6.07) is 6.94. The Bertz CT molecular complexity index is 892. The van der Waals surface area contributed by atoms with E-state index in [2.05, 4.69) is 20.6 Å². The van der Waals surface area contributed by atoms with Crippen molar-refractivity contribution in [2.45, 2.75) is 25.2 Å². The van der Waals surface area contributed by atoms with E-state index in [1.807, 2.05) is 0 Å². The zero-order valence-electron chi connectivity index (χ0n) is 15.2. The molecule has 0 spiro atoms. The molecule has 158 valence electrons. The van der Waals surface area contributed by atoms with Crippen LogP contribution in [0.4, 0.5) is 38.0 Å². The summed E-state index contributed by atoms with van der Waals surface area (Å²) in [5, 5.41) is 23.2. The van der Waals surface area contributed by atoms with Gasteiger partial charge in [0.2, 0.25) is 0 Å². The van der Waals surface area contributed by atoms with E-state index in [0.717, 1.165) is 12.1 Å². The number of hydrogen-bond acceptors (Lipinski definition) is 6. The lowest BCUT2D eigenvalue weighted by Crippen LogP contribution is -2.14. The Labute approximate surface area is 167 Å². The van der Waals surface area contributed by atoms with E-state index in [-0.39, 0.29) is 35.9 Å². The first-order chi connectivity index (χ1) is 14.1. The number of unbranched alkanes of at least 4 members (excludes halogenated alkanes) is 1. The van der Waals surface area contributed by atoms with Gasteiger partial charge in [-0.1, -0.05) is 0 Å². The van der Waals surface area contributed by atoms with E-state index in [4.69, 9.17) is 10.5 Å². The average Bonchev–Trinajstić information content (AvgIpc) is 2.68. The molecule has 2 aromatic rings. The first-order valence-corrected chi connectivity index (χ1v) is 8.50. The number of nitrogens with zero attached hydrogens (tertiary/aromatic N) is 4. The Balaban J connectivity index is 1.90. The lowest BCUT2D eigenvalue weighted by atomic mass is 10.2. The van der Waals surface area contributed by atoms with Crippen molar-refractivity contribution in [3.8, 4) is 12.1 Å². The molecule has 0 aliphatic rings. The number of halogens is 6. The summed E-state index contributed by atoms with van der Waals surface area (Å²) in [5.41, 5.74) is -2.36. The third-order valence-corrected chi connectivity index (χ3v) is 3.80. The molecule has 30 heavy (non-hydrogen) atoms. The minimum atomic E-state index is -4.65. The molecule has 0 amide bonds. The summed E-state index contributed by atoms with van der Waals surface area (Å²) in [7, 11) is 0. The molecule has 0 fully saturated rings. The van der Waals surface area contributed by atoms with Gasteiger partial charge in [0.15, 0.2) is 0 Å². The quantitative estimate of drug-likeness (QED) is 0.496. The Morgan fingerprint density at radius 1 is 0.700 bits per heavy atom. The maximum Gasteiger partial charge on any atom is 0.433 e. The number of aromatic nitrogens is 2. The highest BCUT2D eigenvalue weighted by Crippen LogP contribution is 2.30. The first-order valence-electron chi connectivity index (χ1n) is 8.50. The van der Waals surface area contributed by atoms with Gasteiger partial charge in [0.1, 0.15) is 35.2 Å². The third-order valence-electron chi connectivity index (χ3n) is 3.80. The van der Waals surface area contributed by atoms with E-state index >= 15 is 0 Å². The fraction of sp³-hybridized carbons (Fsp3) is 0.333. The molecule has 2 N–H and O–H groups in total. The van der Waals surface area contributed by atoms with Crippen LogP contribution in [0.2, 0.25) is 0 Å². The molecule has 2 heterocycles. The van der Waals surface area contributed by atoms with Gasteiger partial charge in [-0.05, 0) is 37.1 Å². The zero-order chi connectivity index (χ0) is 22.4. The second-order valence-electron chi connectivity index (χ2n) is 5.97. The number of nitriles is 2. The summed E-state index contributed by atoms with van der Waals surface area (Å²) < 4.78 is 76.4. The molecule has 0 unspecified atom stereocenters. The van der Waals surface area contributed by atoms with Gasteiger partial charge in [0.05, 0.1) is 11.1 Å². The van der Waals surface area contributed by atoms with Crippen LogP contribution in [0, 0.1) is 22.7 Å². The fourth-order valence-electron chi connectivity index (χ4n) is 2.35. The normalized spacial score (nSPS) is 11.5. The van der Waals surface area contributed by atoms with E-state index in [1.54, 1.807) is 12.1 Å². The van der Waals surface area contributed by atoms with Crippen LogP contribution in [0.25, 0.3) is 0 Å². The van der Waals surface area contributed by atoms with Crippen LogP contribution < -0.4 is 10.6 Å². The van der Waals surface area contributed by atoms with E-state index in [9.17, 15) is 26.3 Å². The molecule has 2 rings (SSSR count). The topological polar surface area (TPSA) is 97.4 Å². The van der Waals surface area contributed by atoms with Gasteiger partial charge >= 0.3 is 12.4 Å². The van der Waals surface area contributed by atoms with Gasteiger partial charge < -0.3 is 10.6 Å². The number of pyridine rings is 2. The highest BCUT2D eigenvalue weighted by atomic mass is 19.4. The number of rotatable bonds is 7. The van der Waals surface area contributed by atoms with Crippen molar-refractivity contribution in [3.63, 3.8) is 0 Å². The van der Waals surface area contributed by atoms with Crippen molar-refractivity contribution in [1.29, 1.82) is 10.5 Å². The molecule has 0 aromatic carbocycles. The number of anilines is 2. The maximum atomic E-state index is 12.7.